The van der Waals surface area contributed by atoms with E-state index >= 15 is 0 Å². The maximum Gasteiger partial charge on any atom is 0.434 e. The minimum Gasteiger partial charge on any atom is -0.384 e. The van der Waals surface area contributed by atoms with Crippen LogP contribution in [0.2, 0.25) is 0 Å². The van der Waals surface area contributed by atoms with Crippen molar-refractivity contribution in [3.8, 4) is 0 Å². The molecule has 0 radical (unpaired) electrons. The Bertz CT molecular complexity index is 423. The molecule has 0 amide bonds. The van der Waals surface area contributed by atoms with Crippen molar-refractivity contribution in [1.29, 1.82) is 0 Å². The van der Waals surface area contributed by atoms with E-state index in [0.717, 1.165) is 24.3 Å². The Balaban J connectivity index is 3.31. The molecule has 0 aliphatic heterocycles. The third kappa shape index (κ3) is 2.86. The van der Waals surface area contributed by atoms with E-state index in [-0.39, 0.29) is 0 Å². The zero-order chi connectivity index (χ0) is 15.1. The van der Waals surface area contributed by atoms with E-state index in [1.807, 2.05) is 0 Å². The molecule has 108 valence electrons. The lowest BCUT2D eigenvalue weighted by Crippen LogP contribution is -2.57. The van der Waals surface area contributed by atoms with Gasteiger partial charge in [-0.2, -0.15) is 26.3 Å². The standard InChI is InChI=1S/C10H6BrF7O/c11-6-3-1-5(2-4-6)7(19)8(12,9(13,14)15)10(16,17)18/h1-4,7,19H. The van der Waals surface area contributed by atoms with Gasteiger partial charge in [0.1, 0.15) is 6.10 Å². The fourth-order valence-electron chi connectivity index (χ4n) is 1.35. The average molecular weight is 355 g/mol. The molecule has 0 aromatic heterocycles. The van der Waals surface area contributed by atoms with Gasteiger partial charge >= 0.3 is 18.0 Å². The zero-order valence-corrected chi connectivity index (χ0v) is 10.4. The average Bonchev–Trinajstić information content (AvgIpc) is 2.25. The van der Waals surface area contributed by atoms with E-state index in [0.29, 0.717) is 4.47 Å². The molecule has 0 fully saturated rings. The van der Waals surface area contributed by atoms with Crippen LogP contribution in [0.15, 0.2) is 28.7 Å². The van der Waals surface area contributed by atoms with Crippen LogP contribution in [0.3, 0.4) is 0 Å². The highest BCUT2D eigenvalue weighted by Gasteiger charge is 2.76. The first-order valence-corrected chi connectivity index (χ1v) is 5.46. The van der Waals surface area contributed by atoms with Crippen LogP contribution in [0.25, 0.3) is 0 Å². The van der Waals surface area contributed by atoms with Crippen molar-refractivity contribution in [3.05, 3.63) is 34.3 Å². The van der Waals surface area contributed by atoms with Gasteiger partial charge in [0.05, 0.1) is 0 Å². The van der Waals surface area contributed by atoms with Gasteiger partial charge in [-0.1, -0.05) is 28.1 Å². The molecular formula is C10H6BrF7O. The molecule has 1 rings (SSSR count). The van der Waals surface area contributed by atoms with E-state index in [9.17, 15) is 35.8 Å². The van der Waals surface area contributed by atoms with Crippen LogP contribution in [0.5, 0.6) is 0 Å². The molecule has 0 aliphatic rings. The van der Waals surface area contributed by atoms with Gasteiger partial charge in [0.15, 0.2) is 0 Å². The molecule has 0 saturated heterocycles. The topological polar surface area (TPSA) is 20.2 Å². The molecule has 1 atom stereocenters. The summed E-state index contributed by atoms with van der Waals surface area (Å²) in [6.45, 7) is 0. The summed E-state index contributed by atoms with van der Waals surface area (Å²) in [4.78, 5) is 0. The number of alkyl halides is 7. The van der Waals surface area contributed by atoms with E-state index in [4.69, 9.17) is 0 Å². The highest BCUT2D eigenvalue weighted by atomic mass is 79.9. The van der Waals surface area contributed by atoms with Crippen molar-refractivity contribution in [1.82, 2.24) is 0 Å². The molecule has 0 bridgehead atoms. The molecule has 0 spiro atoms. The summed E-state index contributed by atoms with van der Waals surface area (Å²) in [6.07, 6.45) is -16.0. The van der Waals surface area contributed by atoms with Crippen LogP contribution in [0.1, 0.15) is 11.7 Å². The van der Waals surface area contributed by atoms with Crippen molar-refractivity contribution >= 4 is 15.9 Å². The van der Waals surface area contributed by atoms with Crippen molar-refractivity contribution in [3.63, 3.8) is 0 Å². The zero-order valence-electron chi connectivity index (χ0n) is 8.86. The second-order valence-corrected chi connectivity index (χ2v) is 4.58. The van der Waals surface area contributed by atoms with Gasteiger partial charge in [0.25, 0.3) is 0 Å². The number of hydrogen-bond donors (Lipinski definition) is 1. The molecule has 0 saturated carbocycles. The summed E-state index contributed by atoms with van der Waals surface area (Å²) < 4.78 is 87.9. The van der Waals surface area contributed by atoms with Gasteiger partial charge < -0.3 is 5.11 Å². The molecule has 1 aromatic rings. The Kier molecular flexibility index (Phi) is 4.21. The van der Waals surface area contributed by atoms with Gasteiger partial charge in [-0.15, -0.1) is 0 Å². The fraction of sp³-hybridized carbons (Fsp3) is 0.400. The molecule has 1 aromatic carbocycles. The lowest BCUT2D eigenvalue weighted by molar-refractivity contribution is -0.366. The van der Waals surface area contributed by atoms with Crippen molar-refractivity contribution in [2.45, 2.75) is 24.1 Å². The second kappa shape index (κ2) is 4.93. The monoisotopic (exact) mass is 354 g/mol. The number of benzene rings is 1. The smallest absolute Gasteiger partial charge is 0.384 e. The SMILES string of the molecule is OC(c1ccc(Br)cc1)C(F)(C(F)(F)F)C(F)(F)F. The van der Waals surface area contributed by atoms with Crippen LogP contribution >= 0.6 is 15.9 Å². The molecule has 0 heterocycles. The van der Waals surface area contributed by atoms with Crippen molar-refractivity contribution in [2.24, 2.45) is 0 Å². The summed E-state index contributed by atoms with van der Waals surface area (Å²) in [7, 11) is 0. The van der Waals surface area contributed by atoms with E-state index in [1.54, 1.807) is 0 Å². The lowest BCUT2D eigenvalue weighted by Gasteiger charge is -2.33. The molecule has 19 heavy (non-hydrogen) atoms. The number of rotatable bonds is 2. The third-order valence-corrected chi connectivity index (χ3v) is 2.92. The second-order valence-electron chi connectivity index (χ2n) is 3.66. The molecular weight excluding hydrogens is 349 g/mol. The summed E-state index contributed by atoms with van der Waals surface area (Å²) >= 11 is 2.90. The lowest BCUT2D eigenvalue weighted by atomic mass is 9.91. The summed E-state index contributed by atoms with van der Waals surface area (Å²) in [6, 6.07) is 3.71. The Morgan fingerprint density at radius 2 is 1.21 bits per heavy atom. The minimum absolute atomic E-state index is 0.354. The Labute approximate surface area is 111 Å². The van der Waals surface area contributed by atoms with Gasteiger partial charge in [-0.3, -0.25) is 0 Å². The Hall–Kier alpha value is -0.830. The minimum atomic E-state index is -6.29. The predicted molar refractivity (Wildman–Crippen MR) is 55.1 cm³/mol. The third-order valence-electron chi connectivity index (χ3n) is 2.39. The first-order chi connectivity index (χ1) is 8.41. The van der Waals surface area contributed by atoms with Crippen LogP contribution < -0.4 is 0 Å². The summed E-state index contributed by atoms with van der Waals surface area (Å²) in [5.74, 6) is 0. The number of hydrogen-bond acceptors (Lipinski definition) is 1. The number of aliphatic hydroxyl groups excluding tert-OH is 1. The quantitative estimate of drug-likeness (QED) is 0.784. The summed E-state index contributed by atoms with van der Waals surface area (Å²) in [5.41, 5.74) is -6.56. The molecule has 9 heteroatoms. The van der Waals surface area contributed by atoms with Gasteiger partial charge in [0, 0.05) is 4.47 Å². The molecule has 1 unspecified atom stereocenters. The maximum atomic E-state index is 13.5. The highest BCUT2D eigenvalue weighted by Crippen LogP contribution is 2.52. The predicted octanol–water partition coefficient (Wildman–Crippen LogP) is 4.32. The highest BCUT2D eigenvalue weighted by molar-refractivity contribution is 9.10. The molecule has 0 aliphatic carbocycles. The van der Waals surface area contributed by atoms with Crippen LogP contribution in [0.4, 0.5) is 30.7 Å². The van der Waals surface area contributed by atoms with Gasteiger partial charge in [-0.25, -0.2) is 4.39 Å². The van der Waals surface area contributed by atoms with Gasteiger partial charge in [0.2, 0.25) is 0 Å². The van der Waals surface area contributed by atoms with E-state index in [2.05, 4.69) is 15.9 Å². The van der Waals surface area contributed by atoms with Crippen molar-refractivity contribution < 1.29 is 35.8 Å². The molecule has 1 nitrogen and oxygen atoms in total. The normalized spacial score (nSPS) is 15.4. The van der Waals surface area contributed by atoms with E-state index in [1.165, 1.54) is 0 Å². The van der Waals surface area contributed by atoms with Crippen LogP contribution in [-0.4, -0.2) is 23.1 Å². The van der Waals surface area contributed by atoms with Crippen LogP contribution in [0, 0.1) is 0 Å². The fourth-order valence-corrected chi connectivity index (χ4v) is 1.61. The largest absolute Gasteiger partial charge is 0.434 e. The Morgan fingerprint density at radius 3 is 1.53 bits per heavy atom. The van der Waals surface area contributed by atoms with Crippen LogP contribution in [-0.2, 0) is 0 Å². The first kappa shape index (κ1) is 16.2. The Morgan fingerprint density at radius 1 is 0.842 bits per heavy atom. The van der Waals surface area contributed by atoms with E-state index < -0.39 is 29.7 Å². The number of aliphatic hydroxyl groups is 1. The number of halogens is 8. The first-order valence-electron chi connectivity index (χ1n) is 4.67. The summed E-state index contributed by atoms with van der Waals surface area (Å²) in [5, 5.41) is 9.17. The maximum absolute atomic E-state index is 13.5. The molecule has 1 N–H and O–H groups in total. The van der Waals surface area contributed by atoms with Crippen molar-refractivity contribution in [2.75, 3.05) is 0 Å². The van der Waals surface area contributed by atoms with Gasteiger partial charge in [-0.05, 0) is 17.7 Å².